The van der Waals surface area contributed by atoms with E-state index >= 15 is 0 Å². The molecule has 0 radical (unpaired) electrons. The first-order valence-corrected chi connectivity index (χ1v) is 8.45. The molecule has 0 spiro atoms. The highest BCUT2D eigenvalue weighted by Gasteiger charge is 2.32. The minimum absolute atomic E-state index is 0.0603. The molecule has 1 aliphatic carbocycles. The van der Waals surface area contributed by atoms with Crippen molar-refractivity contribution in [3.63, 3.8) is 0 Å². The van der Waals surface area contributed by atoms with Gasteiger partial charge in [0.2, 0.25) is 0 Å². The standard InChI is InChI=1S/C15H21NO.2C2H6/c1-15(2,3)11-12-7-8-13(10-12)16-9-5-4-6-14(16)17;2*1-2/h6,9,12-13H,7-8,10-11H2,1-3H3;2*1-2H3/t12-,13+;;/m1../s1. The van der Waals surface area contributed by atoms with E-state index < -0.39 is 0 Å². The molecule has 0 unspecified atom stereocenters. The lowest BCUT2D eigenvalue weighted by Crippen LogP contribution is -2.33. The predicted octanol–water partition coefficient (Wildman–Crippen LogP) is 5.31. The van der Waals surface area contributed by atoms with Crippen LogP contribution >= 0.6 is 0 Å². The van der Waals surface area contributed by atoms with E-state index in [1.165, 1.54) is 18.9 Å². The van der Waals surface area contributed by atoms with Crippen LogP contribution in [0.4, 0.5) is 0 Å². The molecule has 1 heterocycles. The number of carbonyl (C=O) groups is 1. The van der Waals surface area contributed by atoms with Crippen molar-refractivity contribution in [3.05, 3.63) is 23.7 Å². The molecule has 2 rings (SSSR count). The highest BCUT2D eigenvalue weighted by Crippen LogP contribution is 2.37. The Balaban J connectivity index is 0.000000921. The van der Waals surface area contributed by atoms with E-state index in [-0.39, 0.29) is 5.91 Å². The summed E-state index contributed by atoms with van der Waals surface area (Å²) in [4.78, 5) is 13.5. The number of amides is 1. The number of nitrogens with zero attached hydrogens (tertiary/aromatic N) is 1. The molecule has 1 amide bonds. The maximum Gasteiger partial charge on any atom is 0.259 e. The molecule has 0 aromatic rings. The SMILES string of the molecule is CC.CC.CC(C)(C)C[C@@H]1CC[C@H](N2C=C=C=CC2=O)C1. The first-order chi connectivity index (χ1) is 9.96. The predicted molar refractivity (Wildman–Crippen MR) is 90.9 cm³/mol. The lowest BCUT2D eigenvalue weighted by atomic mass is 9.84. The largest absolute Gasteiger partial charge is 0.304 e. The van der Waals surface area contributed by atoms with Crippen molar-refractivity contribution in [1.29, 1.82) is 0 Å². The van der Waals surface area contributed by atoms with Gasteiger partial charge >= 0.3 is 0 Å². The van der Waals surface area contributed by atoms with Gasteiger partial charge in [0.15, 0.2) is 0 Å². The van der Waals surface area contributed by atoms with Crippen molar-refractivity contribution in [2.24, 2.45) is 11.3 Å². The molecule has 0 aromatic carbocycles. The van der Waals surface area contributed by atoms with Gasteiger partial charge in [0.25, 0.3) is 5.91 Å². The third kappa shape index (κ3) is 6.85. The molecule has 0 N–H and O–H groups in total. The van der Waals surface area contributed by atoms with Crippen LogP contribution in [0.15, 0.2) is 23.7 Å². The van der Waals surface area contributed by atoms with E-state index in [0.29, 0.717) is 11.5 Å². The molecule has 0 bridgehead atoms. The molecule has 21 heavy (non-hydrogen) atoms. The Morgan fingerprint density at radius 2 is 1.76 bits per heavy atom. The van der Waals surface area contributed by atoms with Crippen LogP contribution in [0.5, 0.6) is 0 Å². The molecule has 2 heteroatoms. The van der Waals surface area contributed by atoms with Crippen LogP contribution in [-0.4, -0.2) is 16.8 Å². The summed E-state index contributed by atoms with van der Waals surface area (Å²) in [6.45, 7) is 14.9. The quantitative estimate of drug-likeness (QED) is 0.631. The molecular weight excluding hydrogens is 258 g/mol. The number of carbonyl (C=O) groups excluding carboxylic acids is 1. The molecular formula is C19H33NO. The van der Waals surface area contributed by atoms with Gasteiger partial charge < -0.3 is 4.90 Å². The fourth-order valence-electron chi connectivity index (χ4n) is 2.99. The normalized spacial score (nSPS) is 23.4. The van der Waals surface area contributed by atoms with Gasteiger partial charge in [-0.2, -0.15) is 0 Å². The van der Waals surface area contributed by atoms with Gasteiger partial charge in [-0.05, 0) is 37.0 Å². The fraction of sp³-hybridized carbons (Fsp3) is 0.737. The second-order valence-corrected chi connectivity index (χ2v) is 6.41. The van der Waals surface area contributed by atoms with Crippen LogP contribution in [0.2, 0.25) is 0 Å². The van der Waals surface area contributed by atoms with Crippen molar-refractivity contribution < 1.29 is 4.79 Å². The van der Waals surface area contributed by atoms with E-state index in [4.69, 9.17) is 0 Å². The van der Waals surface area contributed by atoms with Gasteiger partial charge in [-0.1, -0.05) is 59.9 Å². The Morgan fingerprint density at radius 3 is 2.29 bits per heavy atom. The number of hydrogen-bond acceptors (Lipinski definition) is 1. The van der Waals surface area contributed by atoms with Crippen molar-refractivity contribution in [2.75, 3.05) is 0 Å². The molecule has 1 fully saturated rings. The Morgan fingerprint density at radius 1 is 1.14 bits per heavy atom. The first kappa shape index (κ1) is 19.8. The highest BCUT2D eigenvalue weighted by atomic mass is 16.2. The first-order valence-electron chi connectivity index (χ1n) is 8.45. The Labute approximate surface area is 131 Å². The van der Waals surface area contributed by atoms with E-state index in [0.717, 1.165) is 18.8 Å². The average Bonchev–Trinajstić information content (AvgIpc) is 2.90. The van der Waals surface area contributed by atoms with Crippen molar-refractivity contribution in [3.8, 4) is 0 Å². The van der Waals surface area contributed by atoms with Crippen molar-refractivity contribution in [1.82, 2.24) is 4.90 Å². The number of hydrogen-bond donors (Lipinski definition) is 0. The molecule has 0 saturated heterocycles. The zero-order valence-electron chi connectivity index (χ0n) is 15.0. The summed E-state index contributed by atoms with van der Waals surface area (Å²) in [6.07, 6.45) is 7.99. The maximum absolute atomic E-state index is 11.7. The van der Waals surface area contributed by atoms with Crippen LogP contribution in [-0.2, 0) is 4.79 Å². The molecule has 1 saturated carbocycles. The Kier molecular flexibility index (Phi) is 9.09. The van der Waals surface area contributed by atoms with Gasteiger partial charge in [0, 0.05) is 6.04 Å². The summed E-state index contributed by atoms with van der Waals surface area (Å²) in [5.41, 5.74) is 5.99. The van der Waals surface area contributed by atoms with E-state index in [9.17, 15) is 4.79 Å². The number of rotatable bonds is 2. The van der Waals surface area contributed by atoms with Gasteiger partial charge in [0.05, 0.1) is 12.3 Å². The van der Waals surface area contributed by atoms with Gasteiger partial charge in [-0.3, -0.25) is 4.79 Å². The Hall–Kier alpha value is -1.23. The van der Waals surface area contributed by atoms with Crippen molar-refractivity contribution >= 4 is 5.91 Å². The minimum atomic E-state index is 0.0603. The van der Waals surface area contributed by atoms with E-state index in [1.807, 2.05) is 32.6 Å². The fourth-order valence-corrected chi connectivity index (χ4v) is 2.99. The summed E-state index contributed by atoms with van der Waals surface area (Å²) < 4.78 is 0. The molecule has 2 atom stereocenters. The molecule has 0 aromatic heterocycles. The average molecular weight is 291 g/mol. The van der Waals surface area contributed by atoms with E-state index in [1.54, 1.807) is 6.20 Å². The Bertz CT molecular complexity index is 404. The molecule has 120 valence electrons. The van der Waals surface area contributed by atoms with Crippen LogP contribution in [0.3, 0.4) is 0 Å². The smallest absolute Gasteiger partial charge is 0.259 e. The van der Waals surface area contributed by atoms with Crippen LogP contribution < -0.4 is 0 Å². The summed E-state index contributed by atoms with van der Waals surface area (Å²) in [5.74, 6) is 0.821. The van der Waals surface area contributed by atoms with E-state index in [2.05, 4.69) is 32.2 Å². The highest BCUT2D eigenvalue weighted by molar-refractivity contribution is 5.89. The van der Waals surface area contributed by atoms with Crippen molar-refractivity contribution in [2.45, 2.75) is 80.2 Å². The summed E-state index contributed by atoms with van der Waals surface area (Å²) in [7, 11) is 0. The molecule has 2 aliphatic rings. The zero-order chi connectivity index (χ0) is 16.5. The molecule has 2 nitrogen and oxygen atoms in total. The maximum atomic E-state index is 11.7. The third-order valence-electron chi connectivity index (χ3n) is 3.55. The summed E-state index contributed by atoms with van der Waals surface area (Å²) >= 11 is 0. The molecule has 1 aliphatic heterocycles. The lowest BCUT2D eigenvalue weighted by molar-refractivity contribution is -0.125. The minimum Gasteiger partial charge on any atom is -0.304 e. The lowest BCUT2D eigenvalue weighted by Gasteiger charge is -2.26. The van der Waals surface area contributed by atoms with Gasteiger partial charge in [-0.25, -0.2) is 0 Å². The van der Waals surface area contributed by atoms with Crippen LogP contribution in [0.1, 0.15) is 74.1 Å². The third-order valence-corrected chi connectivity index (χ3v) is 3.55. The zero-order valence-corrected chi connectivity index (χ0v) is 15.0. The summed E-state index contributed by atoms with van der Waals surface area (Å²) in [5, 5.41) is 0. The second kappa shape index (κ2) is 9.66. The van der Waals surface area contributed by atoms with Gasteiger partial charge in [0.1, 0.15) is 0 Å². The second-order valence-electron chi connectivity index (χ2n) is 6.41. The van der Waals surface area contributed by atoms with Crippen LogP contribution in [0.25, 0.3) is 0 Å². The monoisotopic (exact) mass is 291 g/mol. The summed E-state index contributed by atoms with van der Waals surface area (Å²) in [6, 6.07) is 0.376. The van der Waals surface area contributed by atoms with Crippen LogP contribution in [0, 0.1) is 11.3 Å². The topological polar surface area (TPSA) is 20.3 Å². The van der Waals surface area contributed by atoms with Gasteiger partial charge in [-0.15, -0.1) is 0 Å².